The number of nitrogens with one attached hydrogen (secondary N) is 2. The lowest BCUT2D eigenvalue weighted by Gasteiger charge is -2.18. The fourth-order valence-corrected chi connectivity index (χ4v) is 2.33. The van der Waals surface area contributed by atoms with Crippen LogP contribution in [0.3, 0.4) is 0 Å². The maximum Gasteiger partial charge on any atom is 0.254 e. The van der Waals surface area contributed by atoms with Gasteiger partial charge in [-0.25, -0.2) is 0 Å². The standard InChI is InChI=1S/C16H19N3O4/c1-10(20)7-17-15(22)11(2)18-14(21)9-19-8-12-5-3-4-6-13(12)16(19)23/h3-6,11H,7-9H2,1-2H3,(H,17,22)(H,18,21)/t11-/m0/s1. The second-order valence-electron chi connectivity index (χ2n) is 5.53. The number of carbonyl (C=O) groups is 4. The summed E-state index contributed by atoms with van der Waals surface area (Å²) in [5.74, 6) is -1.22. The van der Waals surface area contributed by atoms with E-state index >= 15 is 0 Å². The molecule has 1 atom stereocenters. The van der Waals surface area contributed by atoms with Gasteiger partial charge in [0.2, 0.25) is 11.8 Å². The highest BCUT2D eigenvalue weighted by atomic mass is 16.2. The minimum atomic E-state index is -0.776. The summed E-state index contributed by atoms with van der Waals surface area (Å²) in [4.78, 5) is 48.1. The second-order valence-corrected chi connectivity index (χ2v) is 5.53. The summed E-state index contributed by atoms with van der Waals surface area (Å²) in [5.41, 5.74) is 1.49. The van der Waals surface area contributed by atoms with Crippen molar-refractivity contribution in [1.82, 2.24) is 15.5 Å². The first-order chi connectivity index (χ1) is 10.9. The van der Waals surface area contributed by atoms with E-state index in [0.29, 0.717) is 12.1 Å². The molecule has 1 aromatic carbocycles. The molecular formula is C16H19N3O4. The highest BCUT2D eigenvalue weighted by Gasteiger charge is 2.28. The van der Waals surface area contributed by atoms with E-state index in [1.54, 1.807) is 12.1 Å². The Morgan fingerprint density at radius 2 is 1.96 bits per heavy atom. The van der Waals surface area contributed by atoms with Gasteiger partial charge in [-0.1, -0.05) is 18.2 Å². The van der Waals surface area contributed by atoms with Crippen molar-refractivity contribution in [3.05, 3.63) is 35.4 Å². The minimum Gasteiger partial charge on any atom is -0.347 e. The predicted molar refractivity (Wildman–Crippen MR) is 82.5 cm³/mol. The number of benzene rings is 1. The number of carbonyl (C=O) groups excluding carboxylic acids is 4. The van der Waals surface area contributed by atoms with Gasteiger partial charge in [-0.05, 0) is 25.5 Å². The summed E-state index contributed by atoms with van der Waals surface area (Å²) in [6, 6.07) is 6.43. The van der Waals surface area contributed by atoms with Crippen molar-refractivity contribution in [2.75, 3.05) is 13.1 Å². The van der Waals surface area contributed by atoms with Crippen LogP contribution >= 0.6 is 0 Å². The smallest absolute Gasteiger partial charge is 0.254 e. The third kappa shape index (κ3) is 4.15. The number of rotatable bonds is 6. The van der Waals surface area contributed by atoms with Gasteiger partial charge in [0.1, 0.15) is 18.4 Å². The molecule has 0 aliphatic carbocycles. The van der Waals surface area contributed by atoms with Crippen molar-refractivity contribution in [3.8, 4) is 0 Å². The third-order valence-corrected chi connectivity index (χ3v) is 3.51. The molecule has 0 bridgehead atoms. The zero-order chi connectivity index (χ0) is 17.0. The van der Waals surface area contributed by atoms with Gasteiger partial charge in [0.15, 0.2) is 0 Å². The molecule has 0 aromatic heterocycles. The van der Waals surface area contributed by atoms with E-state index in [2.05, 4.69) is 10.6 Å². The number of amides is 3. The van der Waals surface area contributed by atoms with Crippen LogP contribution < -0.4 is 10.6 Å². The van der Waals surface area contributed by atoms with E-state index < -0.39 is 17.9 Å². The number of hydrogen-bond acceptors (Lipinski definition) is 4. The van der Waals surface area contributed by atoms with Crippen LogP contribution in [0, 0.1) is 0 Å². The Bertz CT molecular complexity index is 656. The van der Waals surface area contributed by atoms with Crippen LogP contribution in [0.2, 0.25) is 0 Å². The third-order valence-electron chi connectivity index (χ3n) is 3.51. The fourth-order valence-electron chi connectivity index (χ4n) is 2.33. The molecule has 23 heavy (non-hydrogen) atoms. The van der Waals surface area contributed by atoms with Gasteiger partial charge >= 0.3 is 0 Å². The quantitative estimate of drug-likeness (QED) is 0.763. The predicted octanol–water partition coefficient (Wildman–Crippen LogP) is -0.148. The topological polar surface area (TPSA) is 95.6 Å². The molecular weight excluding hydrogens is 298 g/mol. The summed E-state index contributed by atoms with van der Waals surface area (Å²) in [7, 11) is 0. The van der Waals surface area contributed by atoms with Crippen LogP contribution in [0.25, 0.3) is 0 Å². The monoisotopic (exact) mass is 317 g/mol. The zero-order valence-corrected chi connectivity index (χ0v) is 13.1. The van der Waals surface area contributed by atoms with Crippen molar-refractivity contribution < 1.29 is 19.2 Å². The molecule has 1 heterocycles. The Morgan fingerprint density at radius 3 is 2.61 bits per heavy atom. The molecule has 1 aromatic rings. The van der Waals surface area contributed by atoms with E-state index in [4.69, 9.17) is 0 Å². The fraction of sp³-hybridized carbons (Fsp3) is 0.375. The lowest BCUT2D eigenvalue weighted by atomic mass is 10.1. The average Bonchev–Trinajstić information content (AvgIpc) is 2.81. The first kappa shape index (κ1) is 16.7. The number of nitrogens with zero attached hydrogens (tertiary/aromatic N) is 1. The first-order valence-corrected chi connectivity index (χ1v) is 7.32. The second kappa shape index (κ2) is 7.04. The Labute approximate surface area is 134 Å². The van der Waals surface area contributed by atoms with Crippen LogP contribution in [0.15, 0.2) is 24.3 Å². The highest BCUT2D eigenvalue weighted by Crippen LogP contribution is 2.21. The van der Waals surface area contributed by atoms with Crippen LogP contribution in [-0.2, 0) is 20.9 Å². The summed E-state index contributed by atoms with van der Waals surface area (Å²) in [6.45, 7) is 3.08. The van der Waals surface area contributed by atoms with Crippen molar-refractivity contribution in [2.24, 2.45) is 0 Å². The molecule has 2 N–H and O–H groups in total. The molecule has 7 nitrogen and oxygen atoms in total. The van der Waals surface area contributed by atoms with Crippen molar-refractivity contribution in [3.63, 3.8) is 0 Å². The summed E-state index contributed by atoms with van der Waals surface area (Å²) in [5, 5.41) is 4.94. The molecule has 0 saturated carbocycles. The van der Waals surface area contributed by atoms with E-state index in [9.17, 15) is 19.2 Å². The van der Waals surface area contributed by atoms with E-state index in [-0.39, 0.29) is 24.8 Å². The number of Topliss-reactive ketones (excluding diaryl/α,β-unsaturated/α-hetero) is 1. The number of ketones is 1. The van der Waals surface area contributed by atoms with E-state index in [1.165, 1.54) is 18.7 Å². The molecule has 0 spiro atoms. The molecule has 3 amide bonds. The maximum atomic E-state index is 12.2. The number of hydrogen-bond donors (Lipinski definition) is 2. The van der Waals surface area contributed by atoms with Crippen molar-refractivity contribution in [2.45, 2.75) is 26.4 Å². The zero-order valence-electron chi connectivity index (χ0n) is 13.1. The molecule has 2 rings (SSSR count). The van der Waals surface area contributed by atoms with Gasteiger partial charge in [0.05, 0.1) is 6.54 Å². The molecule has 0 fully saturated rings. The van der Waals surface area contributed by atoms with Gasteiger partial charge in [-0.2, -0.15) is 0 Å². The van der Waals surface area contributed by atoms with Crippen LogP contribution in [0.4, 0.5) is 0 Å². The van der Waals surface area contributed by atoms with E-state index in [1.807, 2.05) is 12.1 Å². The molecule has 0 unspecified atom stereocenters. The summed E-state index contributed by atoms with van der Waals surface area (Å²) < 4.78 is 0. The van der Waals surface area contributed by atoms with Crippen molar-refractivity contribution >= 4 is 23.5 Å². The molecule has 122 valence electrons. The van der Waals surface area contributed by atoms with Crippen LogP contribution in [-0.4, -0.2) is 47.5 Å². The van der Waals surface area contributed by atoms with Crippen LogP contribution in [0.5, 0.6) is 0 Å². The molecule has 0 saturated heterocycles. The molecule has 1 aliphatic heterocycles. The SMILES string of the molecule is CC(=O)CNC(=O)[C@H](C)NC(=O)CN1Cc2ccccc2C1=O. The van der Waals surface area contributed by atoms with Crippen molar-refractivity contribution in [1.29, 1.82) is 0 Å². The summed E-state index contributed by atoms with van der Waals surface area (Å²) >= 11 is 0. The average molecular weight is 317 g/mol. The first-order valence-electron chi connectivity index (χ1n) is 7.32. The lowest BCUT2D eigenvalue weighted by Crippen LogP contribution is -2.48. The normalized spacial score (nSPS) is 14.2. The van der Waals surface area contributed by atoms with Gasteiger partial charge in [-0.3, -0.25) is 19.2 Å². The van der Waals surface area contributed by atoms with Gasteiger partial charge < -0.3 is 15.5 Å². The Kier molecular flexibility index (Phi) is 5.10. The number of fused-ring (bicyclic) bond motifs is 1. The maximum absolute atomic E-state index is 12.2. The van der Waals surface area contributed by atoms with Gasteiger partial charge in [-0.15, -0.1) is 0 Å². The minimum absolute atomic E-state index is 0.0705. The molecule has 7 heteroatoms. The largest absolute Gasteiger partial charge is 0.347 e. The Balaban J connectivity index is 1.85. The van der Waals surface area contributed by atoms with Crippen LogP contribution in [0.1, 0.15) is 29.8 Å². The molecule has 1 aliphatic rings. The summed E-state index contributed by atoms with van der Waals surface area (Å²) in [6.07, 6.45) is 0. The Morgan fingerprint density at radius 1 is 1.26 bits per heavy atom. The highest BCUT2D eigenvalue weighted by molar-refractivity contribution is 6.00. The molecule has 0 radical (unpaired) electrons. The lowest BCUT2D eigenvalue weighted by molar-refractivity contribution is -0.129. The Hall–Kier alpha value is -2.70. The van der Waals surface area contributed by atoms with Gasteiger partial charge in [0, 0.05) is 12.1 Å². The van der Waals surface area contributed by atoms with Gasteiger partial charge in [0.25, 0.3) is 5.91 Å². The van der Waals surface area contributed by atoms with E-state index in [0.717, 1.165) is 5.56 Å².